The van der Waals surface area contributed by atoms with Crippen molar-refractivity contribution in [2.75, 3.05) is 26.1 Å². The predicted molar refractivity (Wildman–Crippen MR) is 101 cm³/mol. The third-order valence-corrected chi connectivity index (χ3v) is 4.01. The molecule has 7 nitrogen and oxygen atoms in total. The number of benzene rings is 2. The number of aromatic nitrogens is 2. The minimum absolute atomic E-state index is 0.234. The van der Waals surface area contributed by atoms with Crippen LogP contribution in [0, 0.1) is 0 Å². The zero-order chi connectivity index (χ0) is 19.4. The van der Waals surface area contributed by atoms with Gasteiger partial charge in [0.1, 0.15) is 5.75 Å². The van der Waals surface area contributed by atoms with Crippen LogP contribution in [-0.4, -0.2) is 37.4 Å². The van der Waals surface area contributed by atoms with Gasteiger partial charge in [0, 0.05) is 25.3 Å². The molecular formula is C20H21N3O4. The first kappa shape index (κ1) is 18.4. The normalized spacial score (nSPS) is 11.7. The largest absolute Gasteiger partial charge is 0.497 e. The average molecular weight is 367 g/mol. The molecule has 0 N–H and O–H groups in total. The van der Waals surface area contributed by atoms with Crippen LogP contribution < -0.4 is 9.64 Å². The summed E-state index contributed by atoms with van der Waals surface area (Å²) >= 11 is 0. The van der Waals surface area contributed by atoms with Gasteiger partial charge in [-0.1, -0.05) is 6.07 Å². The number of nitrogens with zero attached hydrogens (tertiary/aromatic N) is 3. The Labute approximate surface area is 157 Å². The third-order valence-electron chi connectivity index (χ3n) is 4.01. The van der Waals surface area contributed by atoms with Crippen LogP contribution >= 0.6 is 0 Å². The van der Waals surface area contributed by atoms with Gasteiger partial charge in [-0.3, -0.25) is 0 Å². The van der Waals surface area contributed by atoms with Crippen LogP contribution in [0.1, 0.15) is 29.3 Å². The van der Waals surface area contributed by atoms with Gasteiger partial charge in [-0.2, -0.15) is 0 Å². The van der Waals surface area contributed by atoms with Crippen molar-refractivity contribution in [3.63, 3.8) is 0 Å². The highest BCUT2D eigenvalue weighted by Crippen LogP contribution is 2.25. The molecule has 2 aromatic carbocycles. The molecular weight excluding hydrogens is 346 g/mol. The first-order valence-corrected chi connectivity index (χ1v) is 8.44. The van der Waals surface area contributed by atoms with Crippen LogP contribution in [0.5, 0.6) is 5.75 Å². The average Bonchev–Trinajstić information content (AvgIpc) is 3.18. The van der Waals surface area contributed by atoms with E-state index < -0.39 is 12.1 Å². The number of carbonyl (C=O) groups is 1. The molecule has 0 fully saturated rings. The summed E-state index contributed by atoms with van der Waals surface area (Å²) in [4.78, 5) is 14.3. The Morgan fingerprint density at radius 2 is 1.85 bits per heavy atom. The van der Waals surface area contributed by atoms with Crippen LogP contribution in [0.25, 0.3) is 11.5 Å². The fraction of sp³-hybridized carbons (Fsp3) is 0.250. The monoisotopic (exact) mass is 367 g/mol. The maximum absolute atomic E-state index is 12.4. The second kappa shape index (κ2) is 7.90. The summed E-state index contributed by atoms with van der Waals surface area (Å²) in [6, 6.07) is 14.5. The molecule has 1 aromatic heterocycles. The van der Waals surface area contributed by atoms with E-state index >= 15 is 0 Å². The lowest BCUT2D eigenvalue weighted by atomic mass is 10.2. The maximum atomic E-state index is 12.4. The van der Waals surface area contributed by atoms with Crippen LogP contribution in [0.3, 0.4) is 0 Å². The van der Waals surface area contributed by atoms with E-state index in [1.807, 2.05) is 43.3 Å². The van der Waals surface area contributed by atoms with Crippen molar-refractivity contribution in [1.82, 2.24) is 10.2 Å². The second-order valence-corrected chi connectivity index (χ2v) is 6.17. The Morgan fingerprint density at radius 1 is 1.11 bits per heavy atom. The number of methoxy groups -OCH3 is 1. The molecule has 1 atom stereocenters. The number of hydrogen-bond donors (Lipinski definition) is 0. The van der Waals surface area contributed by atoms with Gasteiger partial charge in [0.25, 0.3) is 5.89 Å². The van der Waals surface area contributed by atoms with Crippen LogP contribution in [-0.2, 0) is 4.74 Å². The number of esters is 1. The van der Waals surface area contributed by atoms with Gasteiger partial charge >= 0.3 is 5.97 Å². The summed E-state index contributed by atoms with van der Waals surface area (Å²) in [6.45, 7) is 1.69. The van der Waals surface area contributed by atoms with Crippen LogP contribution in [0.4, 0.5) is 5.69 Å². The lowest BCUT2D eigenvalue weighted by Gasteiger charge is -2.14. The molecule has 0 aliphatic carbocycles. The molecule has 0 bridgehead atoms. The standard InChI is InChI=1S/C20H21N3O4/c1-13(26-20(24)15-6-5-7-16(12-15)23(2)3)18-21-22-19(27-18)14-8-10-17(25-4)11-9-14/h5-13H,1-4H3/t13-/m1/s1. The molecule has 1 heterocycles. The van der Waals surface area contributed by atoms with E-state index in [4.69, 9.17) is 13.9 Å². The Kier molecular flexibility index (Phi) is 5.40. The Hall–Kier alpha value is -3.35. The highest BCUT2D eigenvalue weighted by molar-refractivity contribution is 5.90. The summed E-state index contributed by atoms with van der Waals surface area (Å²) in [5.74, 6) is 0.874. The van der Waals surface area contributed by atoms with E-state index in [0.29, 0.717) is 11.5 Å². The van der Waals surface area contributed by atoms with E-state index in [2.05, 4.69) is 10.2 Å². The van der Waals surface area contributed by atoms with Crippen molar-refractivity contribution in [2.45, 2.75) is 13.0 Å². The third kappa shape index (κ3) is 4.25. The Morgan fingerprint density at radius 3 is 2.52 bits per heavy atom. The fourth-order valence-corrected chi connectivity index (χ4v) is 2.44. The lowest BCUT2D eigenvalue weighted by Crippen LogP contribution is -2.12. The van der Waals surface area contributed by atoms with Gasteiger partial charge in [-0.15, -0.1) is 10.2 Å². The molecule has 0 amide bonds. The molecule has 140 valence electrons. The van der Waals surface area contributed by atoms with Crippen LogP contribution in [0.2, 0.25) is 0 Å². The van der Waals surface area contributed by atoms with Crippen molar-refractivity contribution < 1.29 is 18.7 Å². The smallest absolute Gasteiger partial charge is 0.338 e. The molecule has 27 heavy (non-hydrogen) atoms. The van der Waals surface area contributed by atoms with Crippen molar-refractivity contribution >= 4 is 11.7 Å². The maximum Gasteiger partial charge on any atom is 0.338 e. The van der Waals surface area contributed by atoms with Gasteiger partial charge in [-0.25, -0.2) is 4.79 Å². The quantitative estimate of drug-likeness (QED) is 0.614. The molecule has 0 aliphatic rings. The zero-order valence-corrected chi connectivity index (χ0v) is 15.7. The summed E-state index contributed by atoms with van der Waals surface area (Å²) in [5.41, 5.74) is 2.13. The molecule has 0 saturated heterocycles. The number of rotatable bonds is 6. The topological polar surface area (TPSA) is 77.7 Å². The number of anilines is 1. The number of carbonyl (C=O) groups excluding carboxylic acids is 1. The summed E-state index contributed by atoms with van der Waals surface area (Å²) in [7, 11) is 5.42. The Balaban J connectivity index is 1.71. The second-order valence-electron chi connectivity index (χ2n) is 6.17. The molecule has 3 rings (SSSR count). The van der Waals surface area contributed by atoms with E-state index in [1.165, 1.54) is 0 Å². The number of hydrogen-bond acceptors (Lipinski definition) is 7. The first-order chi connectivity index (χ1) is 13.0. The van der Waals surface area contributed by atoms with Crippen molar-refractivity contribution in [2.24, 2.45) is 0 Å². The van der Waals surface area contributed by atoms with E-state index in [9.17, 15) is 4.79 Å². The minimum Gasteiger partial charge on any atom is -0.497 e. The van der Waals surface area contributed by atoms with Gasteiger partial charge in [0.05, 0.1) is 12.7 Å². The Bertz CT molecular complexity index is 919. The molecule has 0 aliphatic heterocycles. The molecule has 0 radical (unpaired) electrons. The molecule has 0 unspecified atom stereocenters. The highest BCUT2D eigenvalue weighted by Gasteiger charge is 2.20. The zero-order valence-electron chi connectivity index (χ0n) is 15.7. The van der Waals surface area contributed by atoms with Crippen molar-refractivity contribution in [3.8, 4) is 17.2 Å². The SMILES string of the molecule is COc1ccc(-c2nnc([C@@H](C)OC(=O)c3cccc(N(C)C)c3)o2)cc1. The minimum atomic E-state index is -0.667. The van der Waals surface area contributed by atoms with Gasteiger partial charge in [-0.05, 0) is 49.4 Å². The summed E-state index contributed by atoms with van der Waals surface area (Å²) in [5, 5.41) is 8.02. The highest BCUT2D eigenvalue weighted by atomic mass is 16.6. The first-order valence-electron chi connectivity index (χ1n) is 8.44. The van der Waals surface area contributed by atoms with E-state index in [-0.39, 0.29) is 5.89 Å². The molecule has 0 spiro atoms. The predicted octanol–water partition coefficient (Wildman–Crippen LogP) is 3.73. The summed E-state index contributed by atoms with van der Waals surface area (Å²) in [6.07, 6.45) is -0.667. The van der Waals surface area contributed by atoms with Gasteiger partial charge in [0.15, 0.2) is 6.10 Å². The number of ether oxygens (including phenoxy) is 2. The fourth-order valence-electron chi connectivity index (χ4n) is 2.44. The molecule has 3 aromatic rings. The van der Waals surface area contributed by atoms with E-state index in [1.54, 1.807) is 38.3 Å². The lowest BCUT2D eigenvalue weighted by molar-refractivity contribution is 0.0280. The van der Waals surface area contributed by atoms with Crippen molar-refractivity contribution in [1.29, 1.82) is 0 Å². The van der Waals surface area contributed by atoms with Crippen molar-refractivity contribution in [3.05, 3.63) is 60.0 Å². The molecule has 0 saturated carbocycles. The van der Waals surface area contributed by atoms with Crippen LogP contribution in [0.15, 0.2) is 52.9 Å². The van der Waals surface area contributed by atoms with Gasteiger partial charge in [0.2, 0.25) is 5.89 Å². The van der Waals surface area contributed by atoms with Gasteiger partial charge < -0.3 is 18.8 Å². The summed E-state index contributed by atoms with van der Waals surface area (Å²) < 4.78 is 16.3. The van der Waals surface area contributed by atoms with E-state index in [0.717, 1.165) is 17.0 Å². The molecule has 7 heteroatoms.